The normalized spacial score (nSPS) is 26.5. The van der Waals surface area contributed by atoms with Crippen LogP contribution in [0.4, 0.5) is 0 Å². The second kappa shape index (κ2) is 4.70. The van der Waals surface area contributed by atoms with Gasteiger partial charge in [-0.25, -0.2) is 0 Å². The van der Waals surface area contributed by atoms with Gasteiger partial charge < -0.3 is 5.11 Å². The molecule has 2 aliphatic carbocycles. The van der Waals surface area contributed by atoms with E-state index in [4.69, 9.17) is 0 Å². The average molecular weight is 200 g/mol. The highest BCUT2D eigenvalue weighted by atomic mass is 32.2. The molecule has 0 amide bonds. The summed E-state index contributed by atoms with van der Waals surface area (Å²) in [6, 6.07) is 0. The fourth-order valence-electron chi connectivity index (χ4n) is 2.11. The number of aliphatic hydroxyl groups is 1. The molecule has 0 saturated heterocycles. The van der Waals surface area contributed by atoms with Crippen molar-refractivity contribution in [3.8, 4) is 0 Å². The van der Waals surface area contributed by atoms with Gasteiger partial charge in [0.05, 0.1) is 6.10 Å². The first kappa shape index (κ1) is 9.85. The lowest BCUT2D eigenvalue weighted by Gasteiger charge is -2.13. The van der Waals surface area contributed by atoms with Gasteiger partial charge in [-0.1, -0.05) is 25.7 Å². The largest absolute Gasteiger partial charge is 0.392 e. The Bertz CT molecular complexity index is 150. The molecular formula is C11H20OS. The average Bonchev–Trinajstić information content (AvgIpc) is 2.78. The molecule has 13 heavy (non-hydrogen) atoms. The molecule has 0 radical (unpaired) electrons. The summed E-state index contributed by atoms with van der Waals surface area (Å²) in [5, 5.41) is 10.6. The fourth-order valence-corrected chi connectivity index (χ4v) is 3.41. The van der Waals surface area contributed by atoms with Gasteiger partial charge in [-0.2, -0.15) is 11.8 Å². The van der Waals surface area contributed by atoms with Gasteiger partial charge in [-0.3, -0.25) is 0 Å². The van der Waals surface area contributed by atoms with E-state index in [-0.39, 0.29) is 6.10 Å². The van der Waals surface area contributed by atoms with Crippen LogP contribution in [0.15, 0.2) is 0 Å². The summed E-state index contributed by atoms with van der Waals surface area (Å²) in [7, 11) is 0. The third kappa shape index (κ3) is 3.51. The second-order valence-electron chi connectivity index (χ2n) is 4.57. The zero-order valence-electron chi connectivity index (χ0n) is 8.24. The number of aliphatic hydroxyl groups excluding tert-OH is 1. The highest BCUT2D eigenvalue weighted by Gasteiger charge is 2.25. The van der Waals surface area contributed by atoms with E-state index in [1.807, 2.05) is 11.8 Å². The van der Waals surface area contributed by atoms with Crippen LogP contribution < -0.4 is 0 Å². The van der Waals surface area contributed by atoms with Gasteiger partial charge in [0.25, 0.3) is 0 Å². The van der Waals surface area contributed by atoms with Gasteiger partial charge in [-0.15, -0.1) is 0 Å². The molecule has 0 heterocycles. The topological polar surface area (TPSA) is 20.2 Å². The predicted molar refractivity (Wildman–Crippen MR) is 58.1 cm³/mol. The summed E-state index contributed by atoms with van der Waals surface area (Å²) >= 11 is 2.01. The number of rotatable bonds is 5. The minimum atomic E-state index is -0.0156. The lowest BCUT2D eigenvalue weighted by molar-refractivity contribution is 0.182. The highest BCUT2D eigenvalue weighted by Crippen LogP contribution is 2.35. The Balaban J connectivity index is 1.54. The highest BCUT2D eigenvalue weighted by molar-refractivity contribution is 7.99. The van der Waals surface area contributed by atoms with Crippen LogP contribution in [0.5, 0.6) is 0 Å². The van der Waals surface area contributed by atoms with Crippen molar-refractivity contribution in [1.29, 1.82) is 0 Å². The van der Waals surface area contributed by atoms with Crippen molar-refractivity contribution >= 4 is 11.8 Å². The minimum absolute atomic E-state index is 0.0156. The molecular weight excluding hydrogens is 180 g/mol. The Morgan fingerprint density at radius 2 is 1.85 bits per heavy atom. The van der Waals surface area contributed by atoms with Crippen molar-refractivity contribution in [2.45, 2.75) is 56.3 Å². The van der Waals surface area contributed by atoms with Crippen LogP contribution in [-0.4, -0.2) is 22.2 Å². The second-order valence-corrected chi connectivity index (χ2v) is 5.91. The number of hydrogen-bond acceptors (Lipinski definition) is 2. The van der Waals surface area contributed by atoms with Crippen molar-refractivity contribution in [3.05, 3.63) is 0 Å². The summed E-state index contributed by atoms with van der Waals surface area (Å²) < 4.78 is 0. The van der Waals surface area contributed by atoms with Crippen molar-refractivity contribution < 1.29 is 5.11 Å². The Labute approximate surface area is 85.3 Å². The first-order valence-corrected chi connectivity index (χ1v) is 6.69. The van der Waals surface area contributed by atoms with Crippen LogP contribution >= 0.6 is 11.8 Å². The van der Waals surface area contributed by atoms with Crippen LogP contribution in [0.2, 0.25) is 0 Å². The molecule has 1 atom stereocenters. The molecule has 2 fully saturated rings. The molecule has 2 heteroatoms. The maximum absolute atomic E-state index is 9.70. The molecule has 2 aliphatic rings. The van der Waals surface area contributed by atoms with Gasteiger partial charge in [0.1, 0.15) is 0 Å². The molecule has 0 aromatic rings. The van der Waals surface area contributed by atoms with E-state index in [0.717, 1.165) is 23.3 Å². The zero-order chi connectivity index (χ0) is 9.10. The SMILES string of the molecule is OC(CSC1CCCC1)CC1CC1. The molecule has 0 bridgehead atoms. The first-order chi connectivity index (χ1) is 6.34. The first-order valence-electron chi connectivity index (χ1n) is 5.64. The maximum Gasteiger partial charge on any atom is 0.0633 e. The Morgan fingerprint density at radius 3 is 2.46 bits per heavy atom. The third-order valence-corrected chi connectivity index (χ3v) is 4.65. The van der Waals surface area contributed by atoms with Crippen LogP contribution in [-0.2, 0) is 0 Å². The Hall–Kier alpha value is 0.310. The smallest absolute Gasteiger partial charge is 0.0633 e. The lowest BCUT2D eigenvalue weighted by atomic mass is 10.2. The standard InChI is InChI=1S/C11H20OS/c12-10(7-9-5-6-9)8-13-11-3-1-2-4-11/h9-12H,1-8H2. The molecule has 0 aliphatic heterocycles. The maximum atomic E-state index is 9.70. The van der Waals surface area contributed by atoms with Crippen molar-refractivity contribution in [2.24, 2.45) is 5.92 Å². The van der Waals surface area contributed by atoms with Crippen LogP contribution in [0, 0.1) is 5.92 Å². The lowest BCUT2D eigenvalue weighted by Crippen LogP contribution is -2.13. The van der Waals surface area contributed by atoms with E-state index in [1.54, 1.807) is 0 Å². The third-order valence-electron chi connectivity index (χ3n) is 3.13. The number of hydrogen-bond donors (Lipinski definition) is 1. The van der Waals surface area contributed by atoms with E-state index in [2.05, 4.69) is 0 Å². The van der Waals surface area contributed by atoms with Gasteiger partial charge in [0, 0.05) is 11.0 Å². The quantitative estimate of drug-likeness (QED) is 0.736. The van der Waals surface area contributed by atoms with E-state index in [0.29, 0.717) is 0 Å². The molecule has 76 valence electrons. The van der Waals surface area contributed by atoms with Crippen molar-refractivity contribution in [1.82, 2.24) is 0 Å². The van der Waals surface area contributed by atoms with Crippen LogP contribution in [0.3, 0.4) is 0 Å². The molecule has 1 N–H and O–H groups in total. The van der Waals surface area contributed by atoms with E-state index >= 15 is 0 Å². The molecule has 1 unspecified atom stereocenters. The predicted octanol–water partition coefficient (Wildman–Crippen LogP) is 2.82. The summed E-state index contributed by atoms with van der Waals surface area (Å²) in [5.41, 5.74) is 0. The van der Waals surface area contributed by atoms with Crippen LogP contribution in [0.25, 0.3) is 0 Å². The molecule has 0 aromatic carbocycles. The van der Waals surface area contributed by atoms with Gasteiger partial charge in [0.15, 0.2) is 0 Å². The summed E-state index contributed by atoms with van der Waals surface area (Å²) in [6.07, 6.45) is 9.39. The molecule has 0 spiro atoms. The van der Waals surface area contributed by atoms with Crippen LogP contribution in [0.1, 0.15) is 44.9 Å². The fraction of sp³-hybridized carbons (Fsp3) is 1.00. The monoisotopic (exact) mass is 200 g/mol. The Kier molecular flexibility index (Phi) is 3.56. The van der Waals surface area contributed by atoms with Gasteiger partial charge in [0.2, 0.25) is 0 Å². The van der Waals surface area contributed by atoms with Gasteiger partial charge >= 0.3 is 0 Å². The zero-order valence-corrected chi connectivity index (χ0v) is 9.06. The van der Waals surface area contributed by atoms with Gasteiger partial charge in [-0.05, 0) is 25.2 Å². The summed E-state index contributed by atoms with van der Waals surface area (Å²) in [4.78, 5) is 0. The molecule has 2 rings (SSSR count). The molecule has 0 aromatic heterocycles. The number of thioether (sulfide) groups is 1. The Morgan fingerprint density at radius 1 is 1.15 bits per heavy atom. The van der Waals surface area contributed by atoms with Crippen molar-refractivity contribution in [3.63, 3.8) is 0 Å². The molecule has 2 saturated carbocycles. The van der Waals surface area contributed by atoms with E-state index in [9.17, 15) is 5.11 Å². The van der Waals surface area contributed by atoms with E-state index < -0.39 is 0 Å². The minimum Gasteiger partial charge on any atom is -0.392 e. The van der Waals surface area contributed by atoms with E-state index in [1.165, 1.54) is 38.5 Å². The summed E-state index contributed by atoms with van der Waals surface area (Å²) in [6.45, 7) is 0. The molecule has 1 nitrogen and oxygen atoms in total. The summed E-state index contributed by atoms with van der Waals surface area (Å²) in [5.74, 6) is 1.86. The van der Waals surface area contributed by atoms with Crippen molar-refractivity contribution in [2.75, 3.05) is 5.75 Å².